The lowest BCUT2D eigenvalue weighted by Gasteiger charge is -2.63. The molecule has 0 spiro atoms. The van der Waals surface area contributed by atoms with Crippen LogP contribution in [0.3, 0.4) is 0 Å². The lowest BCUT2D eigenvalue weighted by Crippen LogP contribution is -2.64. The molecule has 0 aromatic rings. The van der Waals surface area contributed by atoms with Crippen molar-refractivity contribution in [3.05, 3.63) is 0 Å². The van der Waals surface area contributed by atoms with E-state index in [2.05, 4.69) is 20.8 Å². The Hall–Kier alpha value is -1.39. The predicted molar refractivity (Wildman–Crippen MR) is 93.7 cm³/mol. The first-order valence-corrected chi connectivity index (χ1v) is 9.27. The van der Waals surface area contributed by atoms with Crippen molar-refractivity contribution in [3.63, 3.8) is 0 Å². The Morgan fingerprint density at radius 1 is 1.08 bits per heavy atom. The lowest BCUT2D eigenvalue weighted by atomic mass is 9.44. The number of hydrogen-bond acceptors (Lipinski definition) is 5. The molecule has 0 aromatic carbocycles. The molecule has 2 aliphatic rings. The number of carbonyl (C=O) groups is 3. The zero-order chi connectivity index (χ0) is 19.0. The molecule has 0 radical (unpaired) electrons. The highest BCUT2D eigenvalue weighted by molar-refractivity contribution is 5.67. The number of hydrogen-bond donors (Lipinski definition) is 0. The molecule has 0 saturated heterocycles. The minimum atomic E-state index is -0.814. The van der Waals surface area contributed by atoms with E-state index in [4.69, 9.17) is 9.47 Å². The Morgan fingerprint density at radius 3 is 2.24 bits per heavy atom. The van der Waals surface area contributed by atoms with Gasteiger partial charge in [0.15, 0.2) is 0 Å². The van der Waals surface area contributed by atoms with E-state index in [0.29, 0.717) is 12.8 Å². The summed E-state index contributed by atoms with van der Waals surface area (Å²) in [5.74, 6) is -0.631. The van der Waals surface area contributed by atoms with Crippen molar-refractivity contribution >= 4 is 18.2 Å². The molecule has 0 aromatic heterocycles. The Morgan fingerprint density at radius 2 is 1.72 bits per heavy atom. The smallest absolute Gasteiger partial charge is 0.303 e. The standard InChI is InChI=1S/C20H32O5/c1-13(22)24-15-12-20(6,25-14(2)23)16(8-11-21)19(5)10-7-9-18(3,4)17(15)19/h11,15-17H,7-10,12H2,1-6H3/t15-,16+,17?,19+,20+/m0/s1. The van der Waals surface area contributed by atoms with Crippen LogP contribution in [0.2, 0.25) is 0 Å². The molecule has 5 heteroatoms. The summed E-state index contributed by atoms with van der Waals surface area (Å²) in [6.07, 6.45) is 4.46. The molecule has 5 atom stereocenters. The lowest BCUT2D eigenvalue weighted by molar-refractivity contribution is -0.233. The molecule has 2 aliphatic carbocycles. The highest BCUT2D eigenvalue weighted by Crippen LogP contribution is 2.63. The molecule has 0 aliphatic heterocycles. The predicted octanol–water partition coefficient (Wildman–Crippen LogP) is 3.68. The third kappa shape index (κ3) is 3.61. The summed E-state index contributed by atoms with van der Waals surface area (Å²) in [5, 5.41) is 0. The number of aldehydes is 1. The molecule has 1 unspecified atom stereocenters. The van der Waals surface area contributed by atoms with Crippen LogP contribution < -0.4 is 0 Å². The van der Waals surface area contributed by atoms with Crippen LogP contribution in [0, 0.1) is 22.7 Å². The minimum absolute atomic E-state index is 0.00813. The average Bonchev–Trinajstić information content (AvgIpc) is 2.40. The van der Waals surface area contributed by atoms with Crippen molar-refractivity contribution < 1.29 is 23.9 Å². The van der Waals surface area contributed by atoms with Crippen molar-refractivity contribution in [1.29, 1.82) is 0 Å². The topological polar surface area (TPSA) is 69.7 Å². The molecule has 0 N–H and O–H groups in total. The van der Waals surface area contributed by atoms with Crippen LogP contribution in [-0.4, -0.2) is 29.9 Å². The van der Waals surface area contributed by atoms with Gasteiger partial charge in [-0.25, -0.2) is 0 Å². The second-order valence-corrected chi connectivity index (χ2v) is 9.04. The molecular formula is C20H32O5. The van der Waals surface area contributed by atoms with E-state index in [-0.39, 0.29) is 40.7 Å². The van der Waals surface area contributed by atoms with Gasteiger partial charge in [-0.15, -0.1) is 0 Å². The van der Waals surface area contributed by atoms with E-state index in [1.54, 1.807) is 0 Å². The Balaban J connectivity index is 2.56. The molecular weight excluding hydrogens is 320 g/mol. The average molecular weight is 352 g/mol. The van der Waals surface area contributed by atoms with Crippen LogP contribution in [-0.2, 0) is 23.9 Å². The molecule has 2 rings (SSSR count). The van der Waals surface area contributed by atoms with Gasteiger partial charge in [0.25, 0.3) is 0 Å². The first kappa shape index (κ1) is 19.9. The summed E-state index contributed by atoms with van der Waals surface area (Å²) >= 11 is 0. The van der Waals surface area contributed by atoms with Gasteiger partial charge in [-0.3, -0.25) is 9.59 Å². The second-order valence-electron chi connectivity index (χ2n) is 9.04. The molecule has 25 heavy (non-hydrogen) atoms. The van der Waals surface area contributed by atoms with Gasteiger partial charge in [-0.2, -0.15) is 0 Å². The van der Waals surface area contributed by atoms with Crippen molar-refractivity contribution in [1.82, 2.24) is 0 Å². The summed E-state index contributed by atoms with van der Waals surface area (Å²) in [5.41, 5.74) is -1.05. The highest BCUT2D eigenvalue weighted by Gasteiger charge is 2.63. The maximum absolute atomic E-state index is 11.8. The molecule has 0 amide bonds. The Bertz CT molecular complexity index is 554. The summed E-state index contributed by atoms with van der Waals surface area (Å²) in [7, 11) is 0. The third-order valence-corrected chi connectivity index (χ3v) is 6.63. The minimum Gasteiger partial charge on any atom is -0.462 e. The van der Waals surface area contributed by atoms with Crippen molar-refractivity contribution in [2.24, 2.45) is 22.7 Å². The molecule has 2 saturated carbocycles. The van der Waals surface area contributed by atoms with Gasteiger partial charge >= 0.3 is 11.9 Å². The summed E-state index contributed by atoms with van der Waals surface area (Å²) in [6, 6.07) is 0. The quantitative estimate of drug-likeness (QED) is 0.570. The van der Waals surface area contributed by atoms with Crippen LogP contribution in [0.4, 0.5) is 0 Å². The third-order valence-electron chi connectivity index (χ3n) is 6.63. The maximum Gasteiger partial charge on any atom is 0.303 e. The maximum atomic E-state index is 11.8. The van der Waals surface area contributed by atoms with Gasteiger partial charge in [0.05, 0.1) is 0 Å². The first-order valence-electron chi connectivity index (χ1n) is 9.27. The van der Waals surface area contributed by atoms with E-state index in [9.17, 15) is 14.4 Å². The number of carbonyl (C=O) groups excluding carboxylic acids is 3. The summed E-state index contributed by atoms with van der Waals surface area (Å²) in [4.78, 5) is 35.0. The van der Waals surface area contributed by atoms with E-state index < -0.39 is 5.60 Å². The first-order chi connectivity index (χ1) is 11.5. The molecule has 2 fully saturated rings. The fourth-order valence-corrected chi connectivity index (χ4v) is 6.18. The highest BCUT2D eigenvalue weighted by atomic mass is 16.6. The van der Waals surface area contributed by atoms with E-state index in [1.807, 2.05) is 6.92 Å². The van der Waals surface area contributed by atoms with Crippen LogP contribution in [0.15, 0.2) is 0 Å². The van der Waals surface area contributed by atoms with Crippen LogP contribution in [0.1, 0.15) is 73.6 Å². The van der Waals surface area contributed by atoms with Gasteiger partial charge in [0.1, 0.15) is 18.0 Å². The zero-order valence-electron chi connectivity index (χ0n) is 16.4. The molecule has 0 bridgehead atoms. The second kappa shape index (κ2) is 6.73. The fraction of sp³-hybridized carbons (Fsp3) is 0.850. The van der Waals surface area contributed by atoms with Crippen LogP contribution in [0.5, 0.6) is 0 Å². The number of ether oxygens (including phenoxy) is 2. The summed E-state index contributed by atoms with van der Waals surface area (Å²) in [6.45, 7) is 11.3. The van der Waals surface area contributed by atoms with Gasteiger partial charge in [-0.05, 0) is 30.6 Å². The Kier molecular flexibility index (Phi) is 5.36. The van der Waals surface area contributed by atoms with Crippen LogP contribution in [0.25, 0.3) is 0 Å². The van der Waals surface area contributed by atoms with Gasteiger partial charge in [0.2, 0.25) is 0 Å². The van der Waals surface area contributed by atoms with Crippen LogP contribution >= 0.6 is 0 Å². The van der Waals surface area contributed by atoms with Crippen molar-refractivity contribution in [2.45, 2.75) is 85.4 Å². The largest absolute Gasteiger partial charge is 0.462 e. The van der Waals surface area contributed by atoms with Gasteiger partial charge in [0, 0.05) is 38.5 Å². The number of rotatable bonds is 4. The monoisotopic (exact) mass is 352 g/mol. The summed E-state index contributed by atoms with van der Waals surface area (Å²) < 4.78 is 11.5. The van der Waals surface area contributed by atoms with Crippen molar-refractivity contribution in [3.8, 4) is 0 Å². The normalized spacial score (nSPS) is 39.8. The van der Waals surface area contributed by atoms with E-state index in [1.165, 1.54) is 13.8 Å². The fourth-order valence-electron chi connectivity index (χ4n) is 6.18. The SMILES string of the molecule is CC(=O)O[C@H]1C[C@@](C)(OC(C)=O)[C@H](CC=O)[C@@]2(C)CCCC(C)(C)C12. The van der Waals surface area contributed by atoms with E-state index in [0.717, 1.165) is 25.5 Å². The molecule has 0 heterocycles. The van der Waals surface area contributed by atoms with E-state index >= 15 is 0 Å². The zero-order valence-corrected chi connectivity index (χ0v) is 16.4. The molecule has 5 nitrogen and oxygen atoms in total. The molecule has 142 valence electrons. The number of esters is 2. The van der Waals surface area contributed by atoms with Gasteiger partial charge in [-0.1, -0.05) is 27.2 Å². The Labute approximate surface area is 150 Å². The number of fused-ring (bicyclic) bond motifs is 1. The van der Waals surface area contributed by atoms with Gasteiger partial charge < -0.3 is 14.3 Å². The van der Waals surface area contributed by atoms with Crippen molar-refractivity contribution in [2.75, 3.05) is 0 Å².